The van der Waals surface area contributed by atoms with Crippen molar-refractivity contribution in [3.63, 3.8) is 0 Å². The molecule has 3 rings (SSSR count). The van der Waals surface area contributed by atoms with Gasteiger partial charge in [-0.1, -0.05) is 17.7 Å². The molecule has 1 fully saturated rings. The highest BCUT2D eigenvalue weighted by molar-refractivity contribution is 8.01. The molecule has 1 aliphatic heterocycles. The summed E-state index contributed by atoms with van der Waals surface area (Å²) in [6.07, 6.45) is 0. The second-order valence-corrected chi connectivity index (χ2v) is 9.02. The van der Waals surface area contributed by atoms with E-state index in [9.17, 15) is 9.59 Å². The van der Waals surface area contributed by atoms with E-state index in [1.165, 1.54) is 17.4 Å². The van der Waals surface area contributed by atoms with Gasteiger partial charge in [-0.05, 0) is 57.3 Å². The lowest BCUT2D eigenvalue weighted by atomic mass is 10.2. The van der Waals surface area contributed by atoms with E-state index in [0.29, 0.717) is 0 Å². The molecule has 30 heavy (non-hydrogen) atoms. The van der Waals surface area contributed by atoms with Crippen LogP contribution in [-0.2, 0) is 9.59 Å². The molecule has 1 saturated heterocycles. The maximum absolute atomic E-state index is 12.5. The van der Waals surface area contributed by atoms with E-state index in [1.54, 1.807) is 0 Å². The number of piperazine rings is 1. The SMILES string of the molecule is Cc1ccc(NC(=O)CSC(C)C(=O)Nc2ccc(N3CCN(C)CC3)cc2)cc1. The monoisotopic (exact) mass is 426 g/mol. The van der Waals surface area contributed by atoms with Crippen molar-refractivity contribution in [3.8, 4) is 0 Å². The zero-order valence-corrected chi connectivity index (χ0v) is 18.7. The number of hydrogen-bond donors (Lipinski definition) is 2. The van der Waals surface area contributed by atoms with Crippen LogP contribution in [0.25, 0.3) is 0 Å². The van der Waals surface area contributed by atoms with Crippen molar-refractivity contribution in [3.05, 3.63) is 54.1 Å². The standard InChI is InChI=1S/C23H30N4O2S/c1-17-4-6-19(7-5-17)24-22(28)16-30-18(2)23(29)25-20-8-10-21(11-9-20)27-14-12-26(3)13-15-27/h4-11,18H,12-16H2,1-3H3,(H,24,28)(H,25,29). The maximum atomic E-state index is 12.5. The second kappa shape index (κ2) is 10.5. The zero-order chi connectivity index (χ0) is 21.5. The first kappa shape index (κ1) is 22.2. The number of carbonyl (C=O) groups excluding carboxylic acids is 2. The molecule has 0 spiro atoms. The normalized spacial score (nSPS) is 15.5. The highest BCUT2D eigenvalue weighted by Crippen LogP contribution is 2.21. The van der Waals surface area contributed by atoms with Gasteiger partial charge in [-0.2, -0.15) is 0 Å². The fraction of sp³-hybridized carbons (Fsp3) is 0.391. The minimum Gasteiger partial charge on any atom is -0.369 e. The average Bonchev–Trinajstić information content (AvgIpc) is 2.75. The Hall–Kier alpha value is -2.51. The summed E-state index contributed by atoms with van der Waals surface area (Å²) >= 11 is 1.32. The van der Waals surface area contributed by atoms with Crippen molar-refractivity contribution in [1.29, 1.82) is 0 Å². The first-order valence-electron chi connectivity index (χ1n) is 10.2. The van der Waals surface area contributed by atoms with Crippen LogP contribution in [0.2, 0.25) is 0 Å². The summed E-state index contributed by atoms with van der Waals surface area (Å²) < 4.78 is 0. The Bertz CT molecular complexity index is 847. The van der Waals surface area contributed by atoms with Gasteiger partial charge in [-0.3, -0.25) is 9.59 Å². The number of amides is 2. The van der Waals surface area contributed by atoms with Gasteiger partial charge in [0.1, 0.15) is 0 Å². The number of rotatable bonds is 7. The highest BCUT2D eigenvalue weighted by Gasteiger charge is 2.17. The van der Waals surface area contributed by atoms with Crippen LogP contribution in [0.1, 0.15) is 12.5 Å². The third-order valence-electron chi connectivity index (χ3n) is 5.17. The van der Waals surface area contributed by atoms with Crippen molar-refractivity contribution in [1.82, 2.24) is 4.90 Å². The number of likely N-dealkylation sites (N-methyl/N-ethyl adjacent to an activating group) is 1. The zero-order valence-electron chi connectivity index (χ0n) is 17.9. The van der Waals surface area contributed by atoms with Gasteiger partial charge in [0.2, 0.25) is 11.8 Å². The summed E-state index contributed by atoms with van der Waals surface area (Å²) in [4.78, 5) is 29.3. The van der Waals surface area contributed by atoms with Gasteiger partial charge in [0.25, 0.3) is 0 Å². The molecule has 1 atom stereocenters. The van der Waals surface area contributed by atoms with E-state index in [2.05, 4.69) is 27.5 Å². The Kier molecular flexibility index (Phi) is 7.76. The van der Waals surface area contributed by atoms with Crippen molar-refractivity contribution < 1.29 is 9.59 Å². The van der Waals surface area contributed by atoms with Gasteiger partial charge in [0.15, 0.2) is 0 Å². The summed E-state index contributed by atoms with van der Waals surface area (Å²) in [5.74, 6) is 0.0145. The predicted molar refractivity (Wildman–Crippen MR) is 127 cm³/mol. The molecule has 0 saturated carbocycles. The van der Waals surface area contributed by atoms with Crippen LogP contribution in [0.5, 0.6) is 0 Å². The summed E-state index contributed by atoms with van der Waals surface area (Å²) in [6.45, 7) is 7.97. The van der Waals surface area contributed by atoms with Crippen LogP contribution in [0, 0.1) is 6.92 Å². The summed E-state index contributed by atoms with van der Waals surface area (Å²) in [5.41, 5.74) is 3.86. The predicted octanol–water partition coefficient (Wildman–Crippen LogP) is 3.45. The molecule has 0 aromatic heterocycles. The Morgan fingerprint density at radius 3 is 2.13 bits per heavy atom. The van der Waals surface area contributed by atoms with E-state index in [1.807, 2.05) is 62.4 Å². The average molecular weight is 427 g/mol. The van der Waals surface area contributed by atoms with E-state index < -0.39 is 0 Å². The molecule has 160 valence electrons. The van der Waals surface area contributed by atoms with E-state index in [0.717, 1.165) is 43.1 Å². The number of nitrogens with zero attached hydrogens (tertiary/aromatic N) is 2. The molecule has 2 aromatic rings. The lowest BCUT2D eigenvalue weighted by Gasteiger charge is -2.34. The largest absolute Gasteiger partial charge is 0.369 e. The van der Waals surface area contributed by atoms with E-state index >= 15 is 0 Å². The fourth-order valence-corrected chi connectivity index (χ4v) is 3.86. The first-order chi connectivity index (χ1) is 14.4. The number of hydrogen-bond acceptors (Lipinski definition) is 5. The third kappa shape index (κ3) is 6.50. The Morgan fingerprint density at radius 1 is 0.933 bits per heavy atom. The highest BCUT2D eigenvalue weighted by atomic mass is 32.2. The molecule has 2 N–H and O–H groups in total. The molecule has 0 aliphatic carbocycles. The van der Waals surface area contributed by atoms with Crippen molar-refractivity contribution in [2.24, 2.45) is 0 Å². The number of aryl methyl sites for hydroxylation is 1. The number of anilines is 3. The van der Waals surface area contributed by atoms with Gasteiger partial charge in [-0.25, -0.2) is 0 Å². The number of thioether (sulfide) groups is 1. The molecular formula is C23H30N4O2S. The molecule has 1 unspecified atom stereocenters. The minimum absolute atomic E-state index is 0.101. The van der Waals surface area contributed by atoms with E-state index in [4.69, 9.17) is 0 Å². The molecule has 6 nitrogen and oxygen atoms in total. The third-order valence-corrected chi connectivity index (χ3v) is 6.32. The smallest absolute Gasteiger partial charge is 0.237 e. The van der Waals surface area contributed by atoms with Gasteiger partial charge in [-0.15, -0.1) is 11.8 Å². The van der Waals surface area contributed by atoms with Crippen LogP contribution < -0.4 is 15.5 Å². The molecule has 0 radical (unpaired) electrons. The Balaban J connectivity index is 1.43. The summed E-state index contributed by atoms with van der Waals surface area (Å²) in [6, 6.07) is 15.6. The van der Waals surface area contributed by atoms with Gasteiger partial charge >= 0.3 is 0 Å². The van der Waals surface area contributed by atoms with Crippen molar-refractivity contribution in [2.75, 3.05) is 54.5 Å². The molecule has 2 aromatic carbocycles. The molecule has 2 amide bonds. The van der Waals surface area contributed by atoms with Crippen LogP contribution in [0.4, 0.5) is 17.1 Å². The van der Waals surface area contributed by atoms with Crippen LogP contribution in [0.15, 0.2) is 48.5 Å². The number of benzene rings is 2. The van der Waals surface area contributed by atoms with Crippen LogP contribution in [-0.4, -0.2) is 60.9 Å². The lowest BCUT2D eigenvalue weighted by molar-refractivity contribution is -0.115. The second-order valence-electron chi connectivity index (χ2n) is 7.69. The van der Waals surface area contributed by atoms with Crippen molar-refractivity contribution >= 4 is 40.6 Å². The molecule has 1 aliphatic rings. The number of carbonyl (C=O) groups is 2. The Morgan fingerprint density at radius 2 is 1.50 bits per heavy atom. The Labute approximate surface area is 183 Å². The number of nitrogens with one attached hydrogen (secondary N) is 2. The lowest BCUT2D eigenvalue weighted by Crippen LogP contribution is -2.44. The van der Waals surface area contributed by atoms with Crippen LogP contribution in [0.3, 0.4) is 0 Å². The first-order valence-corrected chi connectivity index (χ1v) is 11.3. The topological polar surface area (TPSA) is 64.7 Å². The van der Waals surface area contributed by atoms with E-state index in [-0.39, 0.29) is 22.8 Å². The molecule has 7 heteroatoms. The molecular weight excluding hydrogens is 396 g/mol. The minimum atomic E-state index is -0.328. The van der Waals surface area contributed by atoms with Crippen molar-refractivity contribution in [2.45, 2.75) is 19.1 Å². The fourth-order valence-electron chi connectivity index (χ4n) is 3.17. The van der Waals surface area contributed by atoms with Gasteiger partial charge < -0.3 is 20.4 Å². The molecule has 1 heterocycles. The molecule has 0 bridgehead atoms. The quantitative estimate of drug-likeness (QED) is 0.710. The van der Waals surface area contributed by atoms with Crippen LogP contribution >= 0.6 is 11.8 Å². The maximum Gasteiger partial charge on any atom is 0.237 e. The van der Waals surface area contributed by atoms with Gasteiger partial charge in [0, 0.05) is 43.2 Å². The summed E-state index contributed by atoms with van der Waals surface area (Å²) in [7, 11) is 2.14. The summed E-state index contributed by atoms with van der Waals surface area (Å²) in [5, 5.41) is 5.47. The van der Waals surface area contributed by atoms with Gasteiger partial charge in [0.05, 0.1) is 11.0 Å².